The number of methoxy groups -OCH3 is 1. The van der Waals surface area contributed by atoms with Crippen molar-refractivity contribution in [2.45, 2.75) is 31.6 Å². The lowest BCUT2D eigenvalue weighted by Gasteiger charge is -2.19. The third kappa shape index (κ3) is 2.01. The molecule has 5 heteroatoms. The zero-order valence-electron chi connectivity index (χ0n) is 10.3. The number of halogens is 1. The summed E-state index contributed by atoms with van der Waals surface area (Å²) in [5, 5.41) is 19.6. The van der Waals surface area contributed by atoms with Gasteiger partial charge < -0.3 is 14.9 Å². The van der Waals surface area contributed by atoms with E-state index in [1.54, 1.807) is 13.0 Å². The first-order valence-electron chi connectivity index (χ1n) is 5.69. The van der Waals surface area contributed by atoms with Crippen LogP contribution in [0, 0.1) is 6.92 Å². The van der Waals surface area contributed by atoms with Crippen LogP contribution in [0.2, 0.25) is 5.02 Å². The molecule has 0 radical (unpaired) electrons. The zero-order chi connectivity index (χ0) is 13.5. The van der Waals surface area contributed by atoms with Gasteiger partial charge in [-0.2, -0.15) is 0 Å². The Labute approximate surface area is 110 Å². The van der Waals surface area contributed by atoms with E-state index in [9.17, 15) is 9.90 Å². The van der Waals surface area contributed by atoms with Gasteiger partial charge in [0.1, 0.15) is 0 Å². The van der Waals surface area contributed by atoms with E-state index in [1.807, 2.05) is 0 Å². The molecule has 0 spiro atoms. The minimum absolute atomic E-state index is 0.00308. The van der Waals surface area contributed by atoms with Crippen LogP contribution in [0.1, 0.15) is 30.4 Å². The van der Waals surface area contributed by atoms with Crippen molar-refractivity contribution in [3.05, 3.63) is 22.2 Å². The summed E-state index contributed by atoms with van der Waals surface area (Å²) in [4.78, 5) is 10.9. The van der Waals surface area contributed by atoms with Gasteiger partial charge in [-0.25, -0.2) is 0 Å². The first-order valence-corrected chi connectivity index (χ1v) is 6.07. The second kappa shape index (κ2) is 4.35. The largest absolute Gasteiger partial charge is 0.504 e. The number of carbonyl (C=O) groups is 1. The SMILES string of the molecule is COc1c(C)c(Cl)cc(C2(CC(=O)O)CC2)c1O. The van der Waals surface area contributed by atoms with Gasteiger partial charge in [-0.15, -0.1) is 0 Å². The van der Waals surface area contributed by atoms with Gasteiger partial charge in [-0.3, -0.25) is 4.79 Å². The van der Waals surface area contributed by atoms with E-state index in [-0.39, 0.29) is 12.2 Å². The summed E-state index contributed by atoms with van der Waals surface area (Å²) in [6.07, 6.45) is 1.49. The van der Waals surface area contributed by atoms with Crippen LogP contribution in [0.3, 0.4) is 0 Å². The van der Waals surface area contributed by atoms with Gasteiger partial charge >= 0.3 is 5.97 Å². The van der Waals surface area contributed by atoms with Crippen molar-refractivity contribution in [1.29, 1.82) is 0 Å². The lowest BCUT2D eigenvalue weighted by atomic mass is 9.90. The van der Waals surface area contributed by atoms with Crippen LogP contribution in [0.5, 0.6) is 11.5 Å². The average molecular weight is 271 g/mol. The second-order valence-electron chi connectivity index (χ2n) is 4.76. The Morgan fingerprint density at radius 1 is 1.56 bits per heavy atom. The van der Waals surface area contributed by atoms with E-state index in [0.29, 0.717) is 21.9 Å². The van der Waals surface area contributed by atoms with E-state index in [4.69, 9.17) is 21.4 Å². The van der Waals surface area contributed by atoms with Crippen LogP contribution in [0.15, 0.2) is 6.07 Å². The normalized spacial score (nSPS) is 16.4. The predicted molar refractivity (Wildman–Crippen MR) is 67.6 cm³/mol. The number of hydrogen-bond acceptors (Lipinski definition) is 3. The van der Waals surface area contributed by atoms with Gasteiger partial charge in [0.15, 0.2) is 11.5 Å². The summed E-state index contributed by atoms with van der Waals surface area (Å²) in [5.41, 5.74) is 0.754. The van der Waals surface area contributed by atoms with Crippen molar-refractivity contribution in [1.82, 2.24) is 0 Å². The molecule has 1 aromatic rings. The number of phenolic OH excluding ortho intramolecular Hbond substituents is 1. The molecule has 98 valence electrons. The molecule has 0 aromatic heterocycles. The third-order valence-electron chi connectivity index (χ3n) is 3.56. The fourth-order valence-corrected chi connectivity index (χ4v) is 2.54. The van der Waals surface area contributed by atoms with Gasteiger partial charge in [0.05, 0.1) is 13.5 Å². The Morgan fingerprint density at radius 2 is 2.17 bits per heavy atom. The number of hydrogen-bond donors (Lipinski definition) is 2. The summed E-state index contributed by atoms with van der Waals surface area (Å²) >= 11 is 6.10. The number of carboxylic acid groups (broad SMARTS) is 1. The number of aliphatic carboxylic acids is 1. The second-order valence-corrected chi connectivity index (χ2v) is 5.17. The molecule has 2 N–H and O–H groups in total. The first kappa shape index (κ1) is 13.0. The predicted octanol–water partition coefficient (Wildman–Crippen LogP) is 2.87. The minimum Gasteiger partial charge on any atom is -0.504 e. The van der Waals surface area contributed by atoms with Gasteiger partial charge in [-0.1, -0.05) is 11.6 Å². The Balaban J connectivity index is 2.52. The average Bonchev–Trinajstić information content (AvgIpc) is 3.04. The van der Waals surface area contributed by atoms with Gasteiger partial charge in [-0.05, 0) is 25.8 Å². The van der Waals surface area contributed by atoms with Crippen LogP contribution in [-0.4, -0.2) is 23.3 Å². The number of phenols is 1. The van der Waals surface area contributed by atoms with Crippen LogP contribution in [0.4, 0.5) is 0 Å². The third-order valence-corrected chi connectivity index (χ3v) is 3.95. The van der Waals surface area contributed by atoms with Crippen LogP contribution < -0.4 is 4.74 Å². The topological polar surface area (TPSA) is 66.8 Å². The summed E-state index contributed by atoms with van der Waals surface area (Å²) in [6, 6.07) is 1.66. The molecule has 0 aliphatic heterocycles. The summed E-state index contributed by atoms with van der Waals surface area (Å²) in [5.74, 6) is -0.533. The molecule has 4 nitrogen and oxygen atoms in total. The molecule has 0 heterocycles. The first-order chi connectivity index (χ1) is 8.41. The number of carboxylic acids is 1. The molecule has 1 fully saturated rings. The van der Waals surface area contributed by atoms with Crippen LogP contribution in [-0.2, 0) is 10.2 Å². The van der Waals surface area contributed by atoms with Crippen molar-refractivity contribution < 1.29 is 19.7 Å². The van der Waals surface area contributed by atoms with Crippen LogP contribution >= 0.6 is 11.6 Å². The Hall–Kier alpha value is -1.42. The molecule has 0 atom stereocenters. The van der Waals surface area contributed by atoms with Crippen LogP contribution in [0.25, 0.3) is 0 Å². The Morgan fingerprint density at radius 3 is 2.61 bits per heavy atom. The molecular formula is C13H15ClO4. The number of benzene rings is 1. The van der Waals surface area contributed by atoms with E-state index in [1.165, 1.54) is 7.11 Å². The Kier molecular flexibility index (Phi) is 3.15. The minimum atomic E-state index is -0.873. The standard InChI is InChI=1S/C13H15ClO4/c1-7-9(14)5-8(11(17)12(7)18-2)13(3-4-13)6-10(15)16/h5,17H,3-4,6H2,1-2H3,(H,15,16). The highest BCUT2D eigenvalue weighted by Crippen LogP contribution is 2.56. The summed E-state index contributed by atoms with van der Waals surface area (Å²) < 4.78 is 5.14. The fraction of sp³-hybridized carbons (Fsp3) is 0.462. The van der Waals surface area contributed by atoms with Gasteiger partial charge in [0.2, 0.25) is 0 Å². The van der Waals surface area contributed by atoms with E-state index in [2.05, 4.69) is 0 Å². The van der Waals surface area contributed by atoms with Gasteiger partial charge in [0.25, 0.3) is 0 Å². The highest BCUT2D eigenvalue weighted by molar-refractivity contribution is 6.31. The molecule has 0 amide bonds. The zero-order valence-corrected chi connectivity index (χ0v) is 11.0. The summed E-state index contributed by atoms with van der Waals surface area (Å²) in [6.45, 7) is 1.75. The summed E-state index contributed by atoms with van der Waals surface area (Å²) in [7, 11) is 1.46. The smallest absolute Gasteiger partial charge is 0.304 e. The van der Waals surface area contributed by atoms with Crippen molar-refractivity contribution in [3.63, 3.8) is 0 Å². The lowest BCUT2D eigenvalue weighted by molar-refractivity contribution is -0.137. The maximum atomic E-state index is 10.9. The van der Waals surface area contributed by atoms with E-state index < -0.39 is 11.4 Å². The molecule has 1 aromatic carbocycles. The lowest BCUT2D eigenvalue weighted by Crippen LogP contribution is -2.13. The maximum absolute atomic E-state index is 10.9. The number of ether oxygens (including phenoxy) is 1. The quantitative estimate of drug-likeness (QED) is 0.883. The number of rotatable bonds is 4. The molecule has 2 rings (SSSR count). The van der Waals surface area contributed by atoms with E-state index >= 15 is 0 Å². The molecule has 1 aliphatic rings. The monoisotopic (exact) mass is 270 g/mol. The van der Waals surface area contributed by atoms with Gasteiger partial charge in [0, 0.05) is 21.6 Å². The molecule has 0 bridgehead atoms. The Bertz CT molecular complexity index is 506. The van der Waals surface area contributed by atoms with Crippen molar-refractivity contribution in [3.8, 4) is 11.5 Å². The molecular weight excluding hydrogens is 256 g/mol. The molecule has 1 saturated carbocycles. The van der Waals surface area contributed by atoms with E-state index in [0.717, 1.165) is 12.8 Å². The van der Waals surface area contributed by atoms with Crippen molar-refractivity contribution >= 4 is 17.6 Å². The molecule has 18 heavy (non-hydrogen) atoms. The molecule has 0 unspecified atom stereocenters. The highest BCUT2D eigenvalue weighted by atomic mass is 35.5. The highest BCUT2D eigenvalue weighted by Gasteiger charge is 2.48. The van der Waals surface area contributed by atoms with Crippen molar-refractivity contribution in [2.24, 2.45) is 0 Å². The molecule has 1 aliphatic carbocycles. The van der Waals surface area contributed by atoms with Crippen molar-refractivity contribution in [2.75, 3.05) is 7.11 Å². The number of aromatic hydroxyl groups is 1. The fourth-order valence-electron chi connectivity index (χ4n) is 2.35. The maximum Gasteiger partial charge on any atom is 0.304 e. The molecule has 0 saturated heterocycles.